The second-order valence-corrected chi connectivity index (χ2v) is 20.4. The molecule has 0 aliphatic rings. The molecule has 0 aliphatic carbocycles. The van der Waals surface area contributed by atoms with Gasteiger partial charge in [-0.2, -0.15) is 0 Å². The smallest absolute Gasteiger partial charge is 0.245 e. The molecule has 31 nitrogen and oxygen atoms in total. The molecule has 0 bridgehead atoms. The van der Waals surface area contributed by atoms with Gasteiger partial charge in [0, 0.05) is 32.3 Å². The van der Waals surface area contributed by atoms with Gasteiger partial charge in [0.25, 0.3) is 0 Å². The molecule has 0 fully saturated rings. The SMILES string of the molecule is CC[C@H](C)[C@H](NC(=O)[C@H](CO)NC(=O)[C@H](CC(C)C)NC(=O)[C@H](CC(C)C)NC(=O)[C@H](CCCNC(=N)N)NC(=O)[C@H](CCCNC(=N)N)NC(=O)[C@H](Cc1c[nH]cn1)NC(=O)[C@H](CCCNC(=N)N)NC(=O)[C@H](C)NC)C(N)=O. The number of guanidine groups is 3. The molecular weight excluding hydrogens is 1040 g/mol. The number of carbonyl (C=O) groups is 9. The first-order chi connectivity index (χ1) is 37.6. The Morgan fingerprint density at radius 3 is 1.23 bits per heavy atom. The molecule has 1 heterocycles. The number of aliphatic hydroxyl groups is 1. The number of aromatic nitrogens is 2. The van der Waals surface area contributed by atoms with E-state index < -0.39 is 114 Å². The van der Waals surface area contributed by atoms with Crippen LogP contribution in [0.4, 0.5) is 0 Å². The lowest BCUT2D eigenvalue weighted by atomic mass is 9.98. The summed E-state index contributed by atoms with van der Waals surface area (Å²) in [5, 5.41) is 64.6. The fourth-order valence-corrected chi connectivity index (χ4v) is 7.86. The quantitative estimate of drug-likeness (QED) is 0.0166. The van der Waals surface area contributed by atoms with Gasteiger partial charge in [-0.15, -0.1) is 0 Å². The predicted octanol–water partition coefficient (Wildman–Crippen LogP) is -5.16. The number of carbonyl (C=O) groups excluding carboxylic acids is 9. The number of H-pyrrole nitrogens is 1. The van der Waals surface area contributed by atoms with Crippen LogP contribution in [-0.4, -0.2) is 174 Å². The van der Waals surface area contributed by atoms with Gasteiger partial charge in [-0.3, -0.25) is 59.4 Å². The second kappa shape index (κ2) is 37.1. The summed E-state index contributed by atoms with van der Waals surface area (Å²) in [5.74, 6) is -9.01. The van der Waals surface area contributed by atoms with Crippen molar-refractivity contribution in [3.8, 4) is 0 Å². The van der Waals surface area contributed by atoms with Crippen LogP contribution < -0.4 is 86.7 Å². The van der Waals surface area contributed by atoms with Crippen molar-refractivity contribution in [2.75, 3.05) is 33.3 Å². The Morgan fingerprint density at radius 1 is 0.537 bits per heavy atom. The molecule has 0 unspecified atom stereocenters. The highest BCUT2D eigenvalue weighted by atomic mass is 16.3. The highest BCUT2D eigenvalue weighted by Crippen LogP contribution is 2.13. The zero-order chi connectivity index (χ0) is 60.6. The van der Waals surface area contributed by atoms with Crippen molar-refractivity contribution in [3.05, 3.63) is 18.2 Å². The average Bonchev–Trinajstić information content (AvgIpc) is 3.90. The zero-order valence-electron chi connectivity index (χ0n) is 47.4. The van der Waals surface area contributed by atoms with Crippen LogP contribution in [-0.2, 0) is 49.6 Å². The van der Waals surface area contributed by atoms with E-state index in [4.69, 9.17) is 39.2 Å². The molecule has 1 aromatic heterocycles. The summed E-state index contributed by atoms with van der Waals surface area (Å²) >= 11 is 0. The molecule has 452 valence electrons. The molecule has 1 rings (SSSR count). The summed E-state index contributed by atoms with van der Waals surface area (Å²) in [6.45, 7) is 11.7. The van der Waals surface area contributed by atoms with Crippen LogP contribution in [0.1, 0.15) is 112 Å². The van der Waals surface area contributed by atoms with Crippen LogP contribution in [0.2, 0.25) is 0 Å². The van der Waals surface area contributed by atoms with Crippen LogP contribution in [0.5, 0.6) is 0 Å². The van der Waals surface area contributed by atoms with E-state index in [-0.39, 0.29) is 113 Å². The Hall–Kier alpha value is -7.83. The molecule has 0 saturated heterocycles. The first-order valence-corrected chi connectivity index (χ1v) is 26.9. The summed E-state index contributed by atoms with van der Waals surface area (Å²) < 4.78 is 0. The number of amides is 9. The molecule has 25 N–H and O–H groups in total. The maximum atomic E-state index is 14.5. The fourth-order valence-electron chi connectivity index (χ4n) is 7.86. The number of hydrogen-bond acceptors (Lipinski definition) is 15. The van der Waals surface area contributed by atoms with E-state index >= 15 is 0 Å². The lowest BCUT2D eigenvalue weighted by molar-refractivity contribution is -0.136. The number of nitrogens with zero attached hydrogens (tertiary/aromatic N) is 1. The van der Waals surface area contributed by atoms with Crippen molar-refractivity contribution in [2.24, 2.45) is 40.7 Å². The number of rotatable bonds is 39. The minimum Gasteiger partial charge on any atom is -0.394 e. The second-order valence-electron chi connectivity index (χ2n) is 20.4. The van der Waals surface area contributed by atoms with Crippen LogP contribution in [0, 0.1) is 34.0 Å². The van der Waals surface area contributed by atoms with E-state index in [2.05, 4.69) is 73.8 Å². The Bertz CT molecular complexity index is 2200. The van der Waals surface area contributed by atoms with Gasteiger partial charge in [0.1, 0.15) is 48.3 Å². The molecule has 0 aromatic carbocycles. The standard InChI is InChI=1S/C49H91N21O10/c1-9-27(6)37(38(50)72)70-46(80)36(23-71)69-44(78)34(20-26(4)5)67-43(77)33(19-25(2)3)66-42(76)32(15-12-18-61-49(55)56)64-40(74)31(14-11-17-60-48(53)54)65-45(79)35(21-29-22-58-24-62-29)68-41(75)30(13-10-16-59-47(51)52)63-39(73)28(7)57-8/h22,24-28,30-37,57,71H,9-21,23H2,1-8H3,(H2,50,72)(H,58,62)(H,63,73)(H,64,74)(H,65,79)(H,66,76)(H,67,77)(H,68,75)(H,69,78)(H,70,80)(H4,51,52,59)(H4,53,54,60)(H4,55,56,61)/t27-,28-,30-,31-,32-,33-,34-,35-,36-,37-/m0/s1. The Kier molecular flexibility index (Phi) is 32.6. The van der Waals surface area contributed by atoms with Gasteiger partial charge >= 0.3 is 0 Å². The number of primary amides is 1. The summed E-state index contributed by atoms with van der Waals surface area (Å²) in [7, 11) is 1.56. The molecule has 0 radical (unpaired) electrons. The van der Waals surface area contributed by atoms with E-state index in [9.17, 15) is 48.3 Å². The van der Waals surface area contributed by atoms with E-state index in [1.165, 1.54) is 12.5 Å². The molecule has 1 aromatic rings. The number of hydrogen-bond donors (Lipinski definition) is 21. The summed E-state index contributed by atoms with van der Waals surface area (Å²) in [4.78, 5) is 131. The number of imidazole rings is 1. The number of aliphatic hydroxyl groups excluding tert-OH is 1. The van der Waals surface area contributed by atoms with E-state index in [0.29, 0.717) is 12.1 Å². The van der Waals surface area contributed by atoms with Crippen molar-refractivity contribution < 1.29 is 48.3 Å². The van der Waals surface area contributed by atoms with Gasteiger partial charge in [0.05, 0.1) is 24.7 Å². The number of nitrogens with two attached hydrogens (primary N) is 4. The predicted molar refractivity (Wildman–Crippen MR) is 298 cm³/mol. The van der Waals surface area contributed by atoms with Crippen molar-refractivity contribution in [2.45, 2.75) is 167 Å². The molecule has 0 aliphatic heterocycles. The Morgan fingerprint density at radius 2 is 0.887 bits per heavy atom. The minimum absolute atomic E-state index is 0.0330. The summed E-state index contributed by atoms with van der Waals surface area (Å²) in [6, 6.07) is -11.4. The largest absolute Gasteiger partial charge is 0.394 e. The molecule has 0 saturated carbocycles. The monoisotopic (exact) mass is 1130 g/mol. The van der Waals surface area contributed by atoms with E-state index in [1.807, 2.05) is 0 Å². The third kappa shape index (κ3) is 27.7. The van der Waals surface area contributed by atoms with Crippen LogP contribution in [0.25, 0.3) is 0 Å². The zero-order valence-corrected chi connectivity index (χ0v) is 47.4. The molecule has 0 spiro atoms. The fraction of sp³-hybridized carbons (Fsp3) is 0.694. The molecule has 31 heteroatoms. The van der Waals surface area contributed by atoms with Crippen molar-refractivity contribution >= 4 is 71.0 Å². The minimum atomic E-state index is -1.54. The molecule has 10 atom stereocenters. The highest BCUT2D eigenvalue weighted by Gasteiger charge is 2.36. The maximum absolute atomic E-state index is 14.5. The van der Waals surface area contributed by atoms with Crippen LogP contribution >= 0.6 is 0 Å². The van der Waals surface area contributed by atoms with E-state index in [0.717, 1.165) is 0 Å². The molecule has 80 heavy (non-hydrogen) atoms. The van der Waals surface area contributed by atoms with Crippen molar-refractivity contribution in [1.82, 2.24) is 73.8 Å². The third-order valence-corrected chi connectivity index (χ3v) is 12.6. The lowest BCUT2D eigenvalue weighted by Gasteiger charge is -2.29. The first kappa shape index (κ1) is 70.2. The van der Waals surface area contributed by atoms with Crippen molar-refractivity contribution in [3.63, 3.8) is 0 Å². The van der Waals surface area contributed by atoms with Crippen molar-refractivity contribution in [1.29, 1.82) is 16.2 Å². The van der Waals surface area contributed by atoms with Crippen LogP contribution in [0.15, 0.2) is 12.5 Å². The molecular formula is C49H91N21O10. The molecule has 9 amide bonds. The topological polar surface area (TPSA) is 523 Å². The number of likely N-dealkylation sites (N-methyl/N-ethyl adjacent to an activating group) is 1. The third-order valence-electron chi connectivity index (χ3n) is 12.6. The summed E-state index contributed by atoms with van der Waals surface area (Å²) in [6.07, 6.45) is 3.62. The number of aromatic amines is 1. The average molecular weight is 1130 g/mol. The van der Waals surface area contributed by atoms with Gasteiger partial charge in [-0.05, 0) is 83.1 Å². The van der Waals surface area contributed by atoms with Gasteiger partial charge in [0.15, 0.2) is 17.9 Å². The first-order valence-electron chi connectivity index (χ1n) is 26.9. The normalized spacial score (nSPS) is 14.8. The van der Waals surface area contributed by atoms with Gasteiger partial charge in [-0.25, -0.2) is 4.98 Å². The van der Waals surface area contributed by atoms with E-state index in [1.54, 1.807) is 55.5 Å². The van der Waals surface area contributed by atoms with Gasteiger partial charge in [-0.1, -0.05) is 48.0 Å². The number of nitrogens with one attached hydrogen (secondary N) is 16. The maximum Gasteiger partial charge on any atom is 0.245 e. The Balaban J connectivity index is 3.67. The van der Waals surface area contributed by atoms with Gasteiger partial charge in [0.2, 0.25) is 53.2 Å². The Labute approximate surface area is 467 Å². The summed E-state index contributed by atoms with van der Waals surface area (Å²) in [5.41, 5.74) is 22.3. The van der Waals surface area contributed by atoms with Crippen LogP contribution in [0.3, 0.4) is 0 Å². The lowest BCUT2D eigenvalue weighted by Crippen LogP contribution is -2.61. The van der Waals surface area contributed by atoms with Gasteiger partial charge < -0.3 is 96.8 Å². The highest BCUT2D eigenvalue weighted by molar-refractivity contribution is 5.98.